The van der Waals surface area contributed by atoms with Crippen molar-refractivity contribution < 1.29 is 8.78 Å². The zero-order valence-corrected chi connectivity index (χ0v) is 8.77. The second kappa shape index (κ2) is 4.16. The lowest BCUT2D eigenvalue weighted by atomic mass is 9.71. The maximum absolute atomic E-state index is 13.7. The normalized spacial score (nSPS) is 34.3. The van der Waals surface area contributed by atoms with Crippen molar-refractivity contribution >= 4 is 0 Å². The monoisotopic (exact) mass is 202 g/mol. The second-order valence-electron chi connectivity index (χ2n) is 5.01. The number of rotatable bonds is 1. The van der Waals surface area contributed by atoms with Crippen molar-refractivity contribution in [2.75, 3.05) is 0 Å². The largest absolute Gasteiger partial charge is 0.251 e. The first-order valence-corrected chi connectivity index (χ1v) is 6.08. The van der Waals surface area contributed by atoms with Gasteiger partial charge in [-0.25, -0.2) is 8.78 Å². The van der Waals surface area contributed by atoms with Gasteiger partial charge in [-0.3, -0.25) is 0 Å². The lowest BCUT2D eigenvalue weighted by molar-refractivity contribution is -0.111. The molecule has 0 aromatic heterocycles. The van der Waals surface area contributed by atoms with Gasteiger partial charge in [0, 0.05) is 12.3 Å². The van der Waals surface area contributed by atoms with E-state index in [1.807, 2.05) is 0 Å². The highest BCUT2D eigenvalue weighted by atomic mass is 19.3. The maximum atomic E-state index is 13.7. The van der Waals surface area contributed by atoms with Crippen LogP contribution in [0.3, 0.4) is 0 Å². The van der Waals surface area contributed by atoms with Gasteiger partial charge in [0.15, 0.2) is 0 Å². The molecule has 2 heteroatoms. The Morgan fingerprint density at radius 3 is 2.07 bits per heavy atom. The summed E-state index contributed by atoms with van der Waals surface area (Å²) in [7, 11) is 0. The molecule has 2 fully saturated rings. The predicted molar refractivity (Wildman–Crippen MR) is 53.5 cm³/mol. The van der Waals surface area contributed by atoms with Crippen LogP contribution in [-0.4, -0.2) is 5.92 Å². The minimum absolute atomic E-state index is 0.147. The third-order valence-electron chi connectivity index (χ3n) is 4.04. The Morgan fingerprint density at radius 2 is 1.43 bits per heavy atom. The van der Waals surface area contributed by atoms with E-state index < -0.39 is 5.92 Å². The molecule has 0 radical (unpaired) electrons. The highest BCUT2D eigenvalue weighted by Gasteiger charge is 2.45. The van der Waals surface area contributed by atoms with Crippen LogP contribution in [0, 0.1) is 11.8 Å². The fourth-order valence-electron chi connectivity index (χ4n) is 3.24. The molecule has 0 N–H and O–H groups in total. The third kappa shape index (κ3) is 2.09. The molecular weight excluding hydrogens is 182 g/mol. The second-order valence-corrected chi connectivity index (χ2v) is 5.01. The van der Waals surface area contributed by atoms with Crippen molar-refractivity contribution in [3.05, 3.63) is 0 Å². The van der Waals surface area contributed by atoms with Crippen molar-refractivity contribution in [3.8, 4) is 0 Å². The van der Waals surface area contributed by atoms with E-state index in [-0.39, 0.29) is 12.3 Å². The minimum atomic E-state index is -2.35. The number of alkyl halides is 2. The summed E-state index contributed by atoms with van der Waals surface area (Å²) in [6.45, 7) is 0. The van der Waals surface area contributed by atoms with E-state index >= 15 is 0 Å². The summed E-state index contributed by atoms with van der Waals surface area (Å²) in [5.74, 6) is -2.30. The molecule has 0 aromatic carbocycles. The van der Waals surface area contributed by atoms with E-state index in [2.05, 4.69) is 0 Å². The van der Waals surface area contributed by atoms with Gasteiger partial charge >= 0.3 is 0 Å². The highest BCUT2D eigenvalue weighted by Crippen LogP contribution is 2.46. The van der Waals surface area contributed by atoms with Crippen molar-refractivity contribution in [1.82, 2.24) is 0 Å². The van der Waals surface area contributed by atoms with Gasteiger partial charge in [0.25, 0.3) is 5.92 Å². The Labute approximate surface area is 85.1 Å². The Bertz CT molecular complexity index is 183. The Kier molecular flexibility index (Phi) is 3.08. The summed E-state index contributed by atoms with van der Waals surface area (Å²) < 4.78 is 27.3. The summed E-state index contributed by atoms with van der Waals surface area (Å²) in [6.07, 6.45) is 8.41. The van der Waals surface area contributed by atoms with E-state index in [0.29, 0.717) is 5.92 Å². The van der Waals surface area contributed by atoms with Gasteiger partial charge in [0.2, 0.25) is 0 Å². The highest BCUT2D eigenvalue weighted by molar-refractivity contribution is 4.87. The van der Waals surface area contributed by atoms with E-state index in [4.69, 9.17) is 0 Å². The zero-order valence-electron chi connectivity index (χ0n) is 8.77. The first kappa shape index (κ1) is 10.4. The van der Waals surface area contributed by atoms with Gasteiger partial charge < -0.3 is 0 Å². The fraction of sp³-hybridized carbons (Fsp3) is 1.00. The maximum Gasteiger partial charge on any atom is 0.251 e. The molecule has 0 bridgehead atoms. The average molecular weight is 202 g/mol. The number of hydrogen-bond donors (Lipinski definition) is 0. The molecule has 0 aromatic rings. The molecule has 2 saturated carbocycles. The van der Waals surface area contributed by atoms with Gasteiger partial charge in [0.1, 0.15) is 0 Å². The molecule has 0 nitrogen and oxygen atoms in total. The molecule has 1 atom stereocenters. The standard InChI is InChI=1S/C12H20F2/c13-12(14)9-5-4-8-11(12)10-6-2-1-3-7-10/h10-11H,1-9H2/t11-/m1/s1. The summed E-state index contributed by atoms with van der Waals surface area (Å²) in [4.78, 5) is 0. The minimum Gasteiger partial charge on any atom is -0.207 e. The van der Waals surface area contributed by atoms with Crippen LogP contribution in [-0.2, 0) is 0 Å². The van der Waals surface area contributed by atoms with Crippen molar-refractivity contribution in [2.45, 2.75) is 63.7 Å². The van der Waals surface area contributed by atoms with Gasteiger partial charge in [-0.1, -0.05) is 25.7 Å². The molecule has 2 rings (SSSR count). The van der Waals surface area contributed by atoms with Crippen LogP contribution in [0.15, 0.2) is 0 Å². The predicted octanol–water partition coefficient (Wildman–Crippen LogP) is 4.39. The SMILES string of the molecule is FC1(F)CCCC[C@@H]1C1CCCCC1. The van der Waals surface area contributed by atoms with Gasteiger partial charge in [-0.2, -0.15) is 0 Å². The molecule has 0 unspecified atom stereocenters. The summed E-state index contributed by atoms with van der Waals surface area (Å²) in [5.41, 5.74) is 0. The van der Waals surface area contributed by atoms with E-state index in [1.165, 1.54) is 19.3 Å². The van der Waals surface area contributed by atoms with Crippen molar-refractivity contribution in [2.24, 2.45) is 11.8 Å². The van der Waals surface area contributed by atoms with Gasteiger partial charge in [0.05, 0.1) is 0 Å². The summed E-state index contributed by atoms with van der Waals surface area (Å²) in [5, 5.41) is 0. The Balaban J connectivity index is 1.99. The van der Waals surface area contributed by atoms with Crippen molar-refractivity contribution in [1.29, 1.82) is 0 Å². The zero-order chi connectivity index (χ0) is 10.0. The third-order valence-corrected chi connectivity index (χ3v) is 4.04. The molecule has 2 aliphatic rings. The molecule has 2 aliphatic carbocycles. The van der Waals surface area contributed by atoms with Crippen LogP contribution < -0.4 is 0 Å². The topological polar surface area (TPSA) is 0 Å². The van der Waals surface area contributed by atoms with Crippen LogP contribution in [0.2, 0.25) is 0 Å². The van der Waals surface area contributed by atoms with E-state index in [0.717, 1.165) is 32.1 Å². The van der Waals surface area contributed by atoms with Crippen LogP contribution in [0.4, 0.5) is 8.78 Å². The van der Waals surface area contributed by atoms with E-state index in [9.17, 15) is 8.78 Å². The molecule has 0 aliphatic heterocycles. The summed E-state index contributed by atoms with van der Waals surface area (Å²) in [6, 6.07) is 0. The first-order chi connectivity index (χ1) is 6.70. The van der Waals surface area contributed by atoms with Crippen LogP contribution in [0.5, 0.6) is 0 Å². The number of halogens is 2. The molecule has 0 spiro atoms. The molecular formula is C12H20F2. The molecule has 0 saturated heterocycles. The fourth-order valence-corrected chi connectivity index (χ4v) is 3.24. The lowest BCUT2D eigenvalue weighted by Gasteiger charge is -2.38. The smallest absolute Gasteiger partial charge is 0.207 e. The van der Waals surface area contributed by atoms with Crippen molar-refractivity contribution in [3.63, 3.8) is 0 Å². The average Bonchev–Trinajstić information content (AvgIpc) is 2.18. The molecule has 0 amide bonds. The Morgan fingerprint density at radius 1 is 0.786 bits per heavy atom. The number of hydrogen-bond acceptors (Lipinski definition) is 0. The molecule has 0 heterocycles. The van der Waals surface area contributed by atoms with E-state index in [1.54, 1.807) is 0 Å². The molecule has 82 valence electrons. The van der Waals surface area contributed by atoms with Gasteiger partial charge in [-0.05, 0) is 31.6 Å². The quantitative estimate of drug-likeness (QED) is 0.591. The summed E-state index contributed by atoms with van der Waals surface area (Å²) >= 11 is 0. The van der Waals surface area contributed by atoms with Gasteiger partial charge in [-0.15, -0.1) is 0 Å². The molecule has 14 heavy (non-hydrogen) atoms. The lowest BCUT2D eigenvalue weighted by Crippen LogP contribution is -2.37. The van der Waals surface area contributed by atoms with Crippen LogP contribution >= 0.6 is 0 Å². The first-order valence-electron chi connectivity index (χ1n) is 6.08. The van der Waals surface area contributed by atoms with Crippen LogP contribution in [0.1, 0.15) is 57.8 Å². The van der Waals surface area contributed by atoms with Crippen LogP contribution in [0.25, 0.3) is 0 Å². The Hall–Kier alpha value is -0.140.